The van der Waals surface area contributed by atoms with Gasteiger partial charge >= 0.3 is 6.03 Å². The van der Waals surface area contributed by atoms with Gasteiger partial charge in [0.05, 0.1) is 19.1 Å². The van der Waals surface area contributed by atoms with Crippen molar-refractivity contribution in [3.8, 4) is 11.5 Å². The Morgan fingerprint density at radius 2 is 1.70 bits per heavy atom. The first kappa shape index (κ1) is 27.0. The van der Waals surface area contributed by atoms with Crippen molar-refractivity contribution in [2.45, 2.75) is 57.8 Å². The number of nitrogens with one attached hydrogen (secondary N) is 2. The molecule has 198 valence electrons. The van der Waals surface area contributed by atoms with Crippen LogP contribution in [0, 0.1) is 0 Å². The van der Waals surface area contributed by atoms with E-state index in [1.54, 1.807) is 28.7 Å². The van der Waals surface area contributed by atoms with Crippen LogP contribution in [0.5, 0.6) is 11.5 Å². The molecule has 0 fully saturated rings. The largest absolute Gasteiger partial charge is 0.454 e. The molecule has 1 aromatic carbocycles. The molecule has 0 radical (unpaired) electrons. The number of ether oxygens (including phenoxy) is 2. The lowest BCUT2D eigenvalue weighted by Gasteiger charge is -2.28. The first-order chi connectivity index (χ1) is 18.1. The minimum absolute atomic E-state index is 0.104. The summed E-state index contributed by atoms with van der Waals surface area (Å²) in [7, 11) is 0. The maximum atomic E-state index is 13.8. The molecule has 8 nitrogen and oxygen atoms in total. The summed E-state index contributed by atoms with van der Waals surface area (Å²) in [4.78, 5) is 30.9. The molecule has 0 aliphatic carbocycles. The Hall–Kier alpha value is -3.08. The molecule has 3 N–H and O–H groups in total. The molecule has 3 aromatic rings. The monoisotopic (exact) mass is 543 g/mol. The third-order valence-electron chi connectivity index (χ3n) is 6.14. The van der Waals surface area contributed by atoms with Gasteiger partial charge in [-0.15, -0.1) is 22.7 Å². The van der Waals surface area contributed by atoms with E-state index in [2.05, 4.69) is 17.6 Å². The number of thiophene rings is 2. The van der Waals surface area contributed by atoms with Crippen LogP contribution in [0.1, 0.15) is 54.0 Å². The lowest BCUT2D eigenvalue weighted by Crippen LogP contribution is -2.51. The SMILES string of the molecule is CCCC[C@@H](NC(=O)N[C@@H](CCO)c1ccc2c(c1)OCO2)C(=O)N(Cc1cccs1)Cc1cccs1. The predicted octanol–water partition coefficient (Wildman–Crippen LogP) is 5.05. The summed E-state index contributed by atoms with van der Waals surface area (Å²) in [5.41, 5.74) is 0.793. The molecule has 3 heterocycles. The molecule has 0 bridgehead atoms. The van der Waals surface area contributed by atoms with Crippen molar-refractivity contribution in [1.82, 2.24) is 15.5 Å². The van der Waals surface area contributed by atoms with Crippen LogP contribution < -0.4 is 20.1 Å². The first-order valence-electron chi connectivity index (χ1n) is 12.5. The van der Waals surface area contributed by atoms with Gasteiger partial charge in [-0.1, -0.05) is 38.0 Å². The van der Waals surface area contributed by atoms with E-state index in [1.165, 1.54) is 0 Å². The molecule has 0 saturated heterocycles. The van der Waals surface area contributed by atoms with E-state index in [4.69, 9.17) is 9.47 Å². The Morgan fingerprint density at radius 3 is 2.32 bits per heavy atom. The molecule has 0 unspecified atom stereocenters. The van der Waals surface area contributed by atoms with Gasteiger partial charge in [0.25, 0.3) is 0 Å². The van der Waals surface area contributed by atoms with Gasteiger partial charge in [0.15, 0.2) is 11.5 Å². The Labute approximate surface area is 225 Å². The van der Waals surface area contributed by atoms with Gasteiger partial charge in [-0.25, -0.2) is 4.79 Å². The number of benzene rings is 1. The number of carbonyl (C=O) groups is 2. The second kappa shape index (κ2) is 13.5. The minimum atomic E-state index is -0.661. The van der Waals surface area contributed by atoms with E-state index in [1.807, 2.05) is 52.1 Å². The molecule has 2 atom stereocenters. The zero-order chi connectivity index (χ0) is 26.0. The fraction of sp³-hybridized carbons (Fsp3) is 0.407. The van der Waals surface area contributed by atoms with E-state index >= 15 is 0 Å². The van der Waals surface area contributed by atoms with Crippen LogP contribution in [0.2, 0.25) is 0 Å². The molecule has 0 spiro atoms. The standard InChI is InChI=1S/C27H33N3O5S2/c1-2-3-8-23(26(32)30(16-20-6-4-13-36-20)17-21-7-5-14-37-21)29-27(33)28-22(11-12-31)19-9-10-24-25(15-19)35-18-34-24/h4-7,9-10,13-15,22-23,31H,2-3,8,11-12,16-18H2,1H3,(H2,28,29,33)/t22-,23+/m0/s1. The quantitative estimate of drug-likeness (QED) is 0.280. The van der Waals surface area contributed by atoms with Crippen LogP contribution in [-0.4, -0.2) is 41.4 Å². The van der Waals surface area contributed by atoms with Gasteiger partial charge < -0.3 is 30.1 Å². The van der Waals surface area contributed by atoms with Crippen molar-refractivity contribution >= 4 is 34.6 Å². The molecule has 0 saturated carbocycles. The lowest BCUT2D eigenvalue weighted by atomic mass is 10.0. The summed E-state index contributed by atoms with van der Waals surface area (Å²) in [6.07, 6.45) is 2.59. The Balaban J connectivity index is 1.47. The maximum absolute atomic E-state index is 13.8. The van der Waals surface area contributed by atoms with Crippen molar-refractivity contribution in [2.75, 3.05) is 13.4 Å². The summed E-state index contributed by atoms with van der Waals surface area (Å²) < 4.78 is 10.8. The normalized spacial score (nSPS) is 13.7. The highest BCUT2D eigenvalue weighted by Crippen LogP contribution is 2.34. The van der Waals surface area contributed by atoms with Crippen molar-refractivity contribution in [1.29, 1.82) is 0 Å². The first-order valence-corrected chi connectivity index (χ1v) is 14.2. The fourth-order valence-electron chi connectivity index (χ4n) is 4.22. The number of rotatable bonds is 13. The summed E-state index contributed by atoms with van der Waals surface area (Å²) in [5.74, 6) is 1.15. The van der Waals surface area contributed by atoms with Crippen LogP contribution in [0.3, 0.4) is 0 Å². The molecule has 37 heavy (non-hydrogen) atoms. The number of hydrogen-bond acceptors (Lipinski definition) is 7. The van der Waals surface area contributed by atoms with Crippen LogP contribution in [0.4, 0.5) is 4.79 Å². The Morgan fingerprint density at radius 1 is 1.00 bits per heavy atom. The average Bonchev–Trinajstić information content (AvgIpc) is 3.68. The molecule has 3 amide bonds. The van der Waals surface area contributed by atoms with Crippen molar-refractivity contribution < 1.29 is 24.2 Å². The minimum Gasteiger partial charge on any atom is -0.454 e. The summed E-state index contributed by atoms with van der Waals surface area (Å²) in [5, 5.41) is 19.5. The number of amides is 3. The number of urea groups is 1. The Kier molecular flexibility index (Phi) is 9.81. The number of fused-ring (bicyclic) bond motifs is 1. The summed E-state index contributed by atoms with van der Waals surface area (Å²) in [6.45, 7) is 3.10. The molecular formula is C27H33N3O5S2. The zero-order valence-corrected chi connectivity index (χ0v) is 22.5. The number of carbonyl (C=O) groups excluding carboxylic acids is 2. The fourth-order valence-corrected chi connectivity index (χ4v) is 5.66. The van der Waals surface area contributed by atoms with Gasteiger partial charge in [-0.3, -0.25) is 4.79 Å². The second-order valence-electron chi connectivity index (χ2n) is 8.84. The highest BCUT2D eigenvalue weighted by molar-refractivity contribution is 7.10. The average molecular weight is 544 g/mol. The van der Waals surface area contributed by atoms with Crippen molar-refractivity contribution in [3.63, 3.8) is 0 Å². The van der Waals surface area contributed by atoms with Gasteiger partial charge in [0, 0.05) is 16.4 Å². The van der Waals surface area contributed by atoms with Gasteiger partial charge in [-0.2, -0.15) is 0 Å². The smallest absolute Gasteiger partial charge is 0.315 e. The van der Waals surface area contributed by atoms with E-state index in [0.29, 0.717) is 37.4 Å². The zero-order valence-electron chi connectivity index (χ0n) is 20.9. The van der Waals surface area contributed by atoms with Crippen LogP contribution in [0.25, 0.3) is 0 Å². The highest BCUT2D eigenvalue weighted by atomic mass is 32.1. The molecule has 4 rings (SSSR count). The lowest BCUT2D eigenvalue weighted by molar-refractivity contribution is -0.134. The third-order valence-corrected chi connectivity index (χ3v) is 7.86. The molecule has 1 aliphatic rings. The number of hydrogen-bond donors (Lipinski definition) is 3. The molecule has 1 aliphatic heterocycles. The van der Waals surface area contributed by atoms with Crippen molar-refractivity contribution in [2.24, 2.45) is 0 Å². The molecule has 10 heteroatoms. The van der Waals surface area contributed by atoms with Gasteiger partial charge in [-0.05, 0) is 53.4 Å². The van der Waals surface area contributed by atoms with E-state index in [9.17, 15) is 14.7 Å². The number of nitrogens with zero attached hydrogens (tertiary/aromatic N) is 1. The number of aliphatic hydroxyl groups is 1. The summed E-state index contributed by atoms with van der Waals surface area (Å²) >= 11 is 3.22. The predicted molar refractivity (Wildman–Crippen MR) is 145 cm³/mol. The Bertz CT molecular complexity index is 1100. The number of unbranched alkanes of at least 4 members (excludes halogenated alkanes) is 1. The van der Waals surface area contributed by atoms with E-state index in [-0.39, 0.29) is 19.3 Å². The topological polar surface area (TPSA) is 100 Å². The highest BCUT2D eigenvalue weighted by Gasteiger charge is 2.28. The van der Waals surface area contributed by atoms with E-state index in [0.717, 1.165) is 28.2 Å². The maximum Gasteiger partial charge on any atom is 0.315 e. The third kappa shape index (κ3) is 7.47. The van der Waals surface area contributed by atoms with E-state index < -0.39 is 18.1 Å². The van der Waals surface area contributed by atoms with Crippen LogP contribution >= 0.6 is 22.7 Å². The second-order valence-corrected chi connectivity index (χ2v) is 10.9. The van der Waals surface area contributed by atoms with Crippen LogP contribution in [0.15, 0.2) is 53.2 Å². The van der Waals surface area contributed by atoms with Crippen LogP contribution in [-0.2, 0) is 17.9 Å². The number of aliphatic hydroxyl groups excluding tert-OH is 1. The van der Waals surface area contributed by atoms with Gasteiger partial charge in [0.1, 0.15) is 6.04 Å². The van der Waals surface area contributed by atoms with Crippen molar-refractivity contribution in [3.05, 3.63) is 68.5 Å². The molecule has 2 aromatic heterocycles. The summed E-state index contributed by atoms with van der Waals surface area (Å²) in [6, 6.07) is 11.9. The molecular weight excluding hydrogens is 510 g/mol. The van der Waals surface area contributed by atoms with Gasteiger partial charge in [0.2, 0.25) is 12.7 Å².